The van der Waals surface area contributed by atoms with Gasteiger partial charge < -0.3 is 0 Å². The van der Waals surface area contributed by atoms with Crippen LogP contribution in [-0.2, 0) is 16.2 Å². The monoisotopic (exact) mass is 317 g/mol. The van der Waals surface area contributed by atoms with Crippen molar-refractivity contribution in [1.82, 2.24) is 10.2 Å². The van der Waals surface area contributed by atoms with E-state index < -0.39 is 21.9 Å². The van der Waals surface area contributed by atoms with Crippen molar-refractivity contribution in [2.45, 2.75) is 18.0 Å². The van der Waals surface area contributed by atoms with Gasteiger partial charge in [0, 0.05) is 0 Å². The second-order valence-electron chi connectivity index (χ2n) is 4.22. The number of rotatable bonds is 3. The van der Waals surface area contributed by atoms with Crippen LogP contribution in [0.15, 0.2) is 41.3 Å². The average molecular weight is 317 g/mol. The van der Waals surface area contributed by atoms with E-state index in [9.17, 15) is 21.6 Å². The summed E-state index contributed by atoms with van der Waals surface area (Å²) in [5.41, 5.74) is -0.316. The highest BCUT2D eigenvalue weighted by Crippen LogP contribution is 2.27. The SMILES string of the molecule is Cc1ccc(S(=O)(=O)Nc2ccc(C(F)(F)F)nn2)cc1. The predicted octanol–water partition coefficient (Wildman–Crippen LogP) is 2.60. The molecule has 1 aromatic heterocycles. The lowest BCUT2D eigenvalue weighted by molar-refractivity contribution is -0.141. The van der Waals surface area contributed by atoms with Crippen LogP contribution in [0.2, 0.25) is 0 Å². The fourth-order valence-electron chi connectivity index (χ4n) is 1.45. The van der Waals surface area contributed by atoms with Gasteiger partial charge >= 0.3 is 6.18 Å². The van der Waals surface area contributed by atoms with Crippen molar-refractivity contribution in [1.29, 1.82) is 0 Å². The highest BCUT2D eigenvalue weighted by molar-refractivity contribution is 7.92. The molecule has 0 bridgehead atoms. The van der Waals surface area contributed by atoms with Crippen LogP contribution in [0.3, 0.4) is 0 Å². The standard InChI is InChI=1S/C12H10F3N3O2S/c1-8-2-4-9(5-3-8)21(19,20)18-11-7-6-10(16-17-11)12(13,14)15/h2-7H,1H3,(H,17,18). The molecule has 0 aliphatic heterocycles. The molecule has 0 atom stereocenters. The van der Waals surface area contributed by atoms with Gasteiger partial charge in [-0.3, -0.25) is 4.72 Å². The van der Waals surface area contributed by atoms with Gasteiger partial charge in [-0.05, 0) is 31.2 Å². The summed E-state index contributed by atoms with van der Waals surface area (Å²) in [5.74, 6) is -0.288. The minimum atomic E-state index is -4.62. The summed E-state index contributed by atoms with van der Waals surface area (Å²) in [6.45, 7) is 1.80. The van der Waals surface area contributed by atoms with Gasteiger partial charge in [-0.2, -0.15) is 13.2 Å². The number of hydrogen-bond donors (Lipinski definition) is 1. The van der Waals surface area contributed by atoms with Crippen LogP contribution in [0.1, 0.15) is 11.3 Å². The molecule has 0 radical (unpaired) electrons. The maximum Gasteiger partial charge on any atom is 0.435 e. The van der Waals surface area contributed by atoms with Crippen molar-refractivity contribution < 1.29 is 21.6 Å². The summed E-state index contributed by atoms with van der Waals surface area (Å²) in [7, 11) is -3.91. The molecule has 1 heterocycles. The molecule has 0 saturated carbocycles. The lowest BCUT2D eigenvalue weighted by atomic mass is 10.2. The molecule has 5 nitrogen and oxygen atoms in total. The van der Waals surface area contributed by atoms with Crippen molar-refractivity contribution in [3.8, 4) is 0 Å². The molecule has 0 saturated heterocycles. The van der Waals surface area contributed by atoms with E-state index in [1.807, 2.05) is 0 Å². The Morgan fingerprint density at radius 1 is 1.00 bits per heavy atom. The Morgan fingerprint density at radius 3 is 2.10 bits per heavy atom. The molecule has 2 rings (SSSR count). The largest absolute Gasteiger partial charge is 0.435 e. The van der Waals surface area contributed by atoms with Crippen LogP contribution in [0, 0.1) is 6.92 Å². The molecular weight excluding hydrogens is 307 g/mol. The first-order chi connectivity index (χ1) is 9.68. The van der Waals surface area contributed by atoms with E-state index in [0.717, 1.165) is 11.6 Å². The zero-order chi connectivity index (χ0) is 15.7. The van der Waals surface area contributed by atoms with Crippen molar-refractivity contribution in [3.63, 3.8) is 0 Å². The topological polar surface area (TPSA) is 72.0 Å². The summed E-state index contributed by atoms with van der Waals surface area (Å²) in [6.07, 6.45) is -4.62. The number of halogens is 3. The normalized spacial score (nSPS) is 12.2. The van der Waals surface area contributed by atoms with Crippen molar-refractivity contribution >= 4 is 15.8 Å². The maximum absolute atomic E-state index is 12.3. The molecular formula is C12H10F3N3O2S. The summed E-state index contributed by atoms with van der Waals surface area (Å²) < 4.78 is 63.0. The third kappa shape index (κ3) is 3.69. The van der Waals surface area contributed by atoms with Gasteiger partial charge in [0.2, 0.25) is 0 Å². The number of anilines is 1. The quantitative estimate of drug-likeness (QED) is 0.944. The molecule has 1 aromatic carbocycles. The zero-order valence-electron chi connectivity index (χ0n) is 10.7. The first kappa shape index (κ1) is 15.2. The minimum absolute atomic E-state index is 0.0187. The minimum Gasteiger partial charge on any atom is -0.262 e. The first-order valence-corrected chi connectivity index (χ1v) is 7.17. The number of benzene rings is 1. The lowest BCUT2D eigenvalue weighted by Crippen LogP contribution is -2.15. The summed E-state index contributed by atoms with van der Waals surface area (Å²) >= 11 is 0. The Balaban J connectivity index is 2.23. The molecule has 1 N–H and O–H groups in total. The van der Waals surface area contributed by atoms with E-state index in [2.05, 4.69) is 14.9 Å². The van der Waals surface area contributed by atoms with Crippen LogP contribution in [0.5, 0.6) is 0 Å². The summed E-state index contributed by atoms with van der Waals surface area (Å²) in [5, 5.41) is 6.15. The maximum atomic E-state index is 12.3. The molecule has 21 heavy (non-hydrogen) atoms. The number of alkyl halides is 3. The van der Waals surface area contributed by atoms with Crippen LogP contribution in [0.25, 0.3) is 0 Å². The Kier molecular flexibility index (Phi) is 3.86. The number of hydrogen-bond acceptors (Lipinski definition) is 4. The Hall–Kier alpha value is -2.16. The smallest absolute Gasteiger partial charge is 0.262 e. The Labute approximate surface area is 118 Å². The van der Waals surface area contributed by atoms with Gasteiger partial charge in [-0.25, -0.2) is 8.42 Å². The predicted molar refractivity (Wildman–Crippen MR) is 69.0 cm³/mol. The second-order valence-corrected chi connectivity index (χ2v) is 5.90. The molecule has 0 unspecified atom stereocenters. The third-order valence-electron chi connectivity index (χ3n) is 2.53. The second kappa shape index (κ2) is 5.32. The molecule has 0 aliphatic carbocycles. The molecule has 2 aromatic rings. The third-order valence-corrected chi connectivity index (χ3v) is 3.90. The van der Waals surface area contributed by atoms with E-state index in [1.54, 1.807) is 19.1 Å². The number of nitrogens with zero attached hydrogens (tertiary/aromatic N) is 2. The Bertz CT molecular complexity index is 726. The molecule has 112 valence electrons. The summed E-state index contributed by atoms with van der Waals surface area (Å²) in [4.78, 5) is -0.0187. The number of aryl methyl sites for hydroxylation is 1. The molecule has 0 aliphatic rings. The van der Waals surface area contributed by atoms with E-state index in [0.29, 0.717) is 6.07 Å². The van der Waals surface area contributed by atoms with E-state index >= 15 is 0 Å². The highest BCUT2D eigenvalue weighted by atomic mass is 32.2. The number of sulfonamides is 1. The molecule has 0 amide bonds. The van der Waals surface area contributed by atoms with Crippen LogP contribution in [-0.4, -0.2) is 18.6 Å². The van der Waals surface area contributed by atoms with Crippen molar-refractivity contribution in [3.05, 3.63) is 47.7 Å². The molecule has 0 fully saturated rings. The van der Waals surface area contributed by atoms with Crippen LogP contribution in [0.4, 0.5) is 19.0 Å². The van der Waals surface area contributed by atoms with Gasteiger partial charge in [0.05, 0.1) is 4.90 Å². The van der Waals surface area contributed by atoms with E-state index in [1.165, 1.54) is 12.1 Å². The average Bonchev–Trinajstić information content (AvgIpc) is 2.38. The van der Waals surface area contributed by atoms with Crippen LogP contribution < -0.4 is 4.72 Å². The van der Waals surface area contributed by atoms with Gasteiger partial charge in [-0.1, -0.05) is 17.7 Å². The molecule has 9 heteroatoms. The zero-order valence-corrected chi connectivity index (χ0v) is 11.5. The fraction of sp³-hybridized carbons (Fsp3) is 0.167. The van der Waals surface area contributed by atoms with E-state index in [-0.39, 0.29) is 10.7 Å². The van der Waals surface area contributed by atoms with Gasteiger partial charge in [0.25, 0.3) is 10.0 Å². The van der Waals surface area contributed by atoms with E-state index in [4.69, 9.17) is 0 Å². The number of aromatic nitrogens is 2. The van der Waals surface area contributed by atoms with Crippen molar-refractivity contribution in [2.24, 2.45) is 0 Å². The summed E-state index contributed by atoms with van der Waals surface area (Å²) in [6, 6.07) is 7.53. The fourth-order valence-corrected chi connectivity index (χ4v) is 2.45. The van der Waals surface area contributed by atoms with Gasteiger partial charge in [-0.15, -0.1) is 10.2 Å². The van der Waals surface area contributed by atoms with Gasteiger partial charge in [0.1, 0.15) is 0 Å². The van der Waals surface area contributed by atoms with Crippen LogP contribution >= 0.6 is 0 Å². The first-order valence-electron chi connectivity index (χ1n) is 5.69. The van der Waals surface area contributed by atoms with Gasteiger partial charge in [0.15, 0.2) is 11.5 Å². The van der Waals surface area contributed by atoms with Crippen molar-refractivity contribution in [2.75, 3.05) is 4.72 Å². The lowest BCUT2D eigenvalue weighted by Gasteiger charge is -2.08. The highest BCUT2D eigenvalue weighted by Gasteiger charge is 2.33. The Morgan fingerprint density at radius 2 is 1.62 bits per heavy atom. The number of nitrogens with one attached hydrogen (secondary N) is 1. The molecule has 0 spiro atoms.